The van der Waals surface area contributed by atoms with E-state index in [-0.39, 0.29) is 99.0 Å². The molecule has 3 aromatic heterocycles. The molecule has 284 valence electrons. The number of azo groups is 1. The molecular formula is C32H25ClN10Na2O9S3. The fraction of sp³-hybridized carbons (Fsp3) is 0.125. The zero-order valence-electron chi connectivity index (χ0n) is 30.4. The number of hydrogen-bond donors (Lipinski definition) is 5. The summed E-state index contributed by atoms with van der Waals surface area (Å²) in [5.41, 5.74) is -0.661. The summed E-state index contributed by atoms with van der Waals surface area (Å²) in [6.07, 6.45) is 0. The molecule has 57 heavy (non-hydrogen) atoms. The van der Waals surface area contributed by atoms with E-state index in [9.17, 15) is 40.9 Å². The molecule has 0 aliphatic rings. The Morgan fingerprint density at radius 1 is 0.912 bits per heavy atom. The molecular weight excluding hydrogens is 846 g/mol. The van der Waals surface area contributed by atoms with Gasteiger partial charge in [0.1, 0.15) is 20.5 Å². The molecule has 6 aromatic rings. The van der Waals surface area contributed by atoms with Crippen LogP contribution in [0.15, 0.2) is 79.4 Å². The van der Waals surface area contributed by atoms with Crippen LogP contribution in [0.5, 0.6) is 5.88 Å². The van der Waals surface area contributed by atoms with Crippen molar-refractivity contribution in [1.29, 1.82) is 5.41 Å². The second kappa shape index (κ2) is 17.9. The number of nitrogens with one attached hydrogen (secondary N) is 3. The van der Waals surface area contributed by atoms with Gasteiger partial charge in [0.25, 0.3) is 25.8 Å². The molecule has 5 N–H and O–H groups in total. The Hall–Kier alpha value is -3.91. The smallest absolute Gasteiger partial charge is 0.860 e. The van der Waals surface area contributed by atoms with Crippen LogP contribution in [0.2, 0.25) is 5.28 Å². The standard InChI is InChI=1S/C32H27ClN10O9S3.2Na/c1-4-43-28(45)22(26(34)44)15(3)23(29(43)46)42-41-20-13-18(10-12-21(20)54(47,48)49)36-32-39-30(33)38-31(40-32)35-17-8-6-16(7-9-17)27-37-19-11-5-14(2)25(24(19)53-27)55(50,51)52;;/h5-13,45H,4H2,1-3H3,(H2,34,44)(H,47,48,49)(H,50,51,52)(H2,35,36,38,39,40);;/q;2*+1/p-2. The monoisotopic (exact) mass is 870 g/mol. The minimum Gasteiger partial charge on any atom is -0.860 e. The van der Waals surface area contributed by atoms with Crippen LogP contribution in [0.4, 0.5) is 34.6 Å². The van der Waals surface area contributed by atoms with Crippen LogP contribution in [-0.2, 0) is 26.8 Å². The Kier molecular flexibility index (Phi) is 14.4. The average molecular weight is 871 g/mol. The van der Waals surface area contributed by atoms with Gasteiger partial charge >= 0.3 is 59.1 Å². The minimum absolute atomic E-state index is 0. The first kappa shape index (κ1) is 45.8. The van der Waals surface area contributed by atoms with Crippen LogP contribution in [0.25, 0.3) is 20.8 Å². The normalized spacial score (nSPS) is 11.6. The van der Waals surface area contributed by atoms with Gasteiger partial charge in [0.05, 0.1) is 10.2 Å². The van der Waals surface area contributed by atoms with Crippen LogP contribution in [0, 0.1) is 19.3 Å². The number of benzene rings is 3. The first-order chi connectivity index (χ1) is 25.8. The maximum atomic E-state index is 13.0. The molecule has 25 heteroatoms. The number of aromatic nitrogens is 5. The van der Waals surface area contributed by atoms with E-state index in [0.717, 1.165) is 23.5 Å². The molecule has 0 spiro atoms. The zero-order chi connectivity index (χ0) is 40.0. The third-order valence-electron chi connectivity index (χ3n) is 7.89. The predicted octanol–water partition coefficient (Wildman–Crippen LogP) is -1.24. The molecule has 0 atom stereocenters. The van der Waals surface area contributed by atoms with E-state index in [4.69, 9.17) is 17.0 Å². The maximum Gasteiger partial charge on any atom is 1.00 e. The third-order valence-corrected chi connectivity index (χ3v) is 11.3. The molecule has 0 saturated heterocycles. The third kappa shape index (κ3) is 9.87. The van der Waals surface area contributed by atoms with E-state index in [2.05, 4.69) is 40.8 Å². The average Bonchev–Trinajstić information content (AvgIpc) is 3.51. The number of pyridine rings is 1. The summed E-state index contributed by atoms with van der Waals surface area (Å²) >= 11 is 7.28. The summed E-state index contributed by atoms with van der Waals surface area (Å²) in [5, 5.41) is 45.7. The fourth-order valence-electron chi connectivity index (χ4n) is 5.39. The van der Waals surface area contributed by atoms with Crippen molar-refractivity contribution >= 4 is 93.9 Å². The summed E-state index contributed by atoms with van der Waals surface area (Å²) in [6, 6.07) is 13.4. The number of nitrogens with zero attached hydrogens (tertiary/aromatic N) is 7. The van der Waals surface area contributed by atoms with Gasteiger partial charge in [-0.2, -0.15) is 31.8 Å². The molecule has 19 nitrogen and oxygen atoms in total. The number of anilines is 4. The molecule has 0 saturated carbocycles. The molecule has 0 radical (unpaired) electrons. The van der Waals surface area contributed by atoms with E-state index in [0.29, 0.717) is 36.6 Å². The molecule has 3 heterocycles. The van der Waals surface area contributed by atoms with Crippen molar-refractivity contribution < 1.29 is 95.3 Å². The molecule has 0 aliphatic carbocycles. The van der Waals surface area contributed by atoms with Crippen molar-refractivity contribution in [2.24, 2.45) is 10.2 Å². The largest absolute Gasteiger partial charge is 1.00 e. The molecule has 0 unspecified atom stereocenters. The quantitative estimate of drug-likeness (QED) is 0.0335. The summed E-state index contributed by atoms with van der Waals surface area (Å²) < 4.78 is 69.0. The number of rotatable bonds is 11. The molecule has 0 aliphatic heterocycles. The van der Waals surface area contributed by atoms with Gasteiger partial charge in [-0.3, -0.25) is 13.9 Å². The van der Waals surface area contributed by atoms with E-state index in [1.165, 1.54) is 19.9 Å². The Balaban J connectivity index is 0.00000360. The van der Waals surface area contributed by atoms with Crippen molar-refractivity contribution in [3.05, 3.63) is 86.9 Å². The summed E-state index contributed by atoms with van der Waals surface area (Å²) in [5.74, 6) is -2.46. The van der Waals surface area contributed by atoms with Gasteiger partial charge in [0.15, 0.2) is 5.69 Å². The van der Waals surface area contributed by atoms with Crippen LogP contribution in [-0.4, -0.2) is 56.3 Å². The second-order valence-electron chi connectivity index (χ2n) is 11.5. The topological polar surface area (TPSA) is 301 Å². The van der Waals surface area contributed by atoms with Gasteiger partial charge < -0.3 is 30.8 Å². The van der Waals surface area contributed by atoms with Gasteiger partial charge in [-0.1, -0.05) is 6.07 Å². The number of fused-ring (bicyclic) bond motifs is 1. The Bertz CT molecular complexity index is 2880. The van der Waals surface area contributed by atoms with Crippen molar-refractivity contribution in [1.82, 2.24) is 24.5 Å². The molecule has 3 aromatic carbocycles. The van der Waals surface area contributed by atoms with Crippen LogP contribution in [0.3, 0.4) is 0 Å². The SMILES string of the molecule is CCn1c([O-])c(C(=N)[O-])c(C)c(N=Nc2cc(Nc3nc(Cl)nc(Nc4ccc(-c5nc6ccc(C)c(S(=O)(=O)O)c6s5)cc4)n3)ccc2S(=O)(=O)O)c1=O.[Na+].[Na+]. The first-order valence-electron chi connectivity index (χ1n) is 15.5. The van der Waals surface area contributed by atoms with Crippen LogP contribution < -0.4 is 85.5 Å². The predicted molar refractivity (Wildman–Crippen MR) is 199 cm³/mol. The maximum absolute atomic E-state index is 13.0. The van der Waals surface area contributed by atoms with Crippen molar-refractivity contribution in [2.45, 2.75) is 37.1 Å². The van der Waals surface area contributed by atoms with Gasteiger partial charge in [0.2, 0.25) is 17.2 Å². The van der Waals surface area contributed by atoms with Crippen molar-refractivity contribution in [2.75, 3.05) is 10.6 Å². The minimum atomic E-state index is -4.88. The van der Waals surface area contributed by atoms with E-state index >= 15 is 0 Å². The molecule has 6 rings (SSSR count). The van der Waals surface area contributed by atoms with Gasteiger partial charge in [-0.15, -0.1) is 21.6 Å². The van der Waals surface area contributed by atoms with E-state index in [1.54, 1.807) is 43.3 Å². The number of halogens is 1. The summed E-state index contributed by atoms with van der Waals surface area (Å²) in [6.45, 7) is 4.11. The summed E-state index contributed by atoms with van der Waals surface area (Å²) in [4.78, 5) is 29.0. The molecule has 0 bridgehead atoms. The van der Waals surface area contributed by atoms with Crippen LogP contribution in [0.1, 0.15) is 23.6 Å². The van der Waals surface area contributed by atoms with Crippen LogP contribution >= 0.6 is 22.9 Å². The van der Waals surface area contributed by atoms with Crippen molar-refractivity contribution in [3.8, 4) is 16.5 Å². The van der Waals surface area contributed by atoms with Gasteiger partial charge in [-0.25, -0.2) is 4.98 Å². The molecule has 0 amide bonds. The Labute approximate surface area is 376 Å². The Morgan fingerprint density at radius 3 is 2.11 bits per heavy atom. The van der Waals surface area contributed by atoms with Crippen molar-refractivity contribution in [3.63, 3.8) is 0 Å². The van der Waals surface area contributed by atoms with Gasteiger partial charge in [0, 0.05) is 23.5 Å². The van der Waals surface area contributed by atoms with E-state index < -0.39 is 59.4 Å². The molecule has 0 fully saturated rings. The first-order valence-corrected chi connectivity index (χ1v) is 19.6. The second-order valence-corrected chi connectivity index (χ2v) is 15.6. The fourth-order valence-corrected chi connectivity index (χ4v) is 8.47. The number of thiazole rings is 1. The summed E-state index contributed by atoms with van der Waals surface area (Å²) in [7, 11) is -9.37. The number of aryl methyl sites for hydroxylation is 1. The van der Waals surface area contributed by atoms with E-state index in [1.807, 2.05) is 0 Å². The van der Waals surface area contributed by atoms with Gasteiger partial charge in [-0.05, 0) is 109 Å². The Morgan fingerprint density at radius 2 is 1.53 bits per heavy atom. The number of hydrogen-bond acceptors (Lipinski definition) is 17. The zero-order valence-corrected chi connectivity index (χ0v) is 37.6.